The SMILES string of the molecule is CCn1c(C)cc(C(=O)NC(C)C)c1C. The molecular formula is C12H20N2O. The number of carbonyl (C=O) groups is 1. The van der Waals surface area contributed by atoms with E-state index in [1.807, 2.05) is 33.8 Å². The van der Waals surface area contributed by atoms with Crippen LogP contribution in [0.15, 0.2) is 6.07 Å². The van der Waals surface area contributed by atoms with E-state index < -0.39 is 0 Å². The average Bonchev–Trinajstić information content (AvgIpc) is 2.40. The zero-order chi connectivity index (χ0) is 11.6. The van der Waals surface area contributed by atoms with Gasteiger partial charge >= 0.3 is 0 Å². The molecule has 0 bridgehead atoms. The van der Waals surface area contributed by atoms with E-state index in [9.17, 15) is 4.79 Å². The molecule has 1 N–H and O–H groups in total. The zero-order valence-electron chi connectivity index (χ0n) is 10.2. The Kier molecular flexibility index (Phi) is 3.56. The summed E-state index contributed by atoms with van der Waals surface area (Å²) in [6.07, 6.45) is 0. The molecule has 0 aliphatic rings. The summed E-state index contributed by atoms with van der Waals surface area (Å²) in [6, 6.07) is 2.14. The Morgan fingerprint density at radius 3 is 2.47 bits per heavy atom. The van der Waals surface area contributed by atoms with Gasteiger partial charge in [-0.3, -0.25) is 4.79 Å². The Morgan fingerprint density at radius 1 is 1.47 bits per heavy atom. The van der Waals surface area contributed by atoms with Crippen LogP contribution in [-0.2, 0) is 6.54 Å². The third-order valence-electron chi connectivity index (χ3n) is 2.55. The predicted molar refractivity (Wildman–Crippen MR) is 62.2 cm³/mol. The van der Waals surface area contributed by atoms with Gasteiger partial charge in [-0.05, 0) is 40.7 Å². The van der Waals surface area contributed by atoms with Gasteiger partial charge < -0.3 is 9.88 Å². The third-order valence-corrected chi connectivity index (χ3v) is 2.55. The van der Waals surface area contributed by atoms with Crippen LogP contribution < -0.4 is 5.32 Å². The number of hydrogen-bond donors (Lipinski definition) is 1. The van der Waals surface area contributed by atoms with Crippen molar-refractivity contribution in [2.75, 3.05) is 0 Å². The van der Waals surface area contributed by atoms with Crippen LogP contribution in [0.2, 0.25) is 0 Å². The maximum absolute atomic E-state index is 11.8. The lowest BCUT2D eigenvalue weighted by Gasteiger charge is -2.09. The number of hydrogen-bond acceptors (Lipinski definition) is 1. The van der Waals surface area contributed by atoms with Crippen molar-refractivity contribution in [3.8, 4) is 0 Å². The van der Waals surface area contributed by atoms with Crippen LogP contribution in [0.5, 0.6) is 0 Å². The van der Waals surface area contributed by atoms with Crippen molar-refractivity contribution in [1.29, 1.82) is 0 Å². The molecule has 15 heavy (non-hydrogen) atoms. The molecule has 1 aromatic rings. The van der Waals surface area contributed by atoms with E-state index in [2.05, 4.69) is 16.8 Å². The summed E-state index contributed by atoms with van der Waals surface area (Å²) in [7, 11) is 0. The monoisotopic (exact) mass is 208 g/mol. The molecular weight excluding hydrogens is 188 g/mol. The Bertz CT molecular complexity index is 364. The number of aromatic nitrogens is 1. The molecule has 3 heteroatoms. The van der Waals surface area contributed by atoms with E-state index in [0.717, 1.165) is 23.5 Å². The third kappa shape index (κ3) is 2.41. The van der Waals surface area contributed by atoms with Crippen molar-refractivity contribution in [1.82, 2.24) is 9.88 Å². The van der Waals surface area contributed by atoms with Gasteiger partial charge in [0.1, 0.15) is 0 Å². The fourth-order valence-electron chi connectivity index (χ4n) is 1.86. The summed E-state index contributed by atoms with van der Waals surface area (Å²) in [5.74, 6) is 0.0257. The molecule has 0 unspecified atom stereocenters. The second kappa shape index (κ2) is 4.51. The molecule has 0 radical (unpaired) electrons. The van der Waals surface area contributed by atoms with Gasteiger partial charge in [0.15, 0.2) is 0 Å². The van der Waals surface area contributed by atoms with Crippen molar-refractivity contribution in [2.24, 2.45) is 0 Å². The summed E-state index contributed by atoms with van der Waals surface area (Å²) in [6.45, 7) is 11.0. The highest BCUT2D eigenvalue weighted by Crippen LogP contribution is 2.14. The largest absolute Gasteiger partial charge is 0.350 e. The minimum absolute atomic E-state index is 0.0257. The van der Waals surface area contributed by atoms with Crippen LogP contribution in [0.25, 0.3) is 0 Å². The van der Waals surface area contributed by atoms with E-state index in [1.165, 1.54) is 0 Å². The summed E-state index contributed by atoms with van der Waals surface area (Å²) in [5, 5.41) is 2.91. The lowest BCUT2D eigenvalue weighted by Crippen LogP contribution is -2.30. The lowest BCUT2D eigenvalue weighted by atomic mass is 10.2. The summed E-state index contributed by atoms with van der Waals surface area (Å²) >= 11 is 0. The number of nitrogens with zero attached hydrogens (tertiary/aromatic N) is 1. The number of nitrogens with one attached hydrogen (secondary N) is 1. The van der Waals surface area contributed by atoms with Crippen LogP contribution in [0.3, 0.4) is 0 Å². The first-order chi connectivity index (χ1) is 6.97. The van der Waals surface area contributed by atoms with Crippen LogP contribution in [0, 0.1) is 13.8 Å². The first kappa shape index (κ1) is 11.8. The quantitative estimate of drug-likeness (QED) is 0.812. The topological polar surface area (TPSA) is 34.0 Å². The fourth-order valence-corrected chi connectivity index (χ4v) is 1.86. The number of amides is 1. The molecule has 0 saturated heterocycles. The van der Waals surface area contributed by atoms with Crippen molar-refractivity contribution < 1.29 is 4.79 Å². The predicted octanol–water partition coefficient (Wildman–Crippen LogP) is 2.26. The Balaban J connectivity index is 3.00. The van der Waals surface area contributed by atoms with E-state index in [-0.39, 0.29) is 11.9 Å². The Labute approximate surface area is 91.5 Å². The van der Waals surface area contributed by atoms with Crippen molar-refractivity contribution in [3.63, 3.8) is 0 Å². The van der Waals surface area contributed by atoms with Crippen LogP contribution in [0.4, 0.5) is 0 Å². The number of carbonyl (C=O) groups excluding carboxylic acids is 1. The maximum atomic E-state index is 11.8. The first-order valence-corrected chi connectivity index (χ1v) is 5.45. The molecule has 84 valence electrons. The Morgan fingerprint density at radius 2 is 2.07 bits per heavy atom. The molecule has 0 aromatic carbocycles. The van der Waals surface area contributed by atoms with E-state index in [1.54, 1.807) is 0 Å². The second-order valence-electron chi connectivity index (χ2n) is 4.16. The molecule has 1 heterocycles. The van der Waals surface area contributed by atoms with Gasteiger partial charge in [0, 0.05) is 24.0 Å². The van der Waals surface area contributed by atoms with Crippen LogP contribution in [-0.4, -0.2) is 16.5 Å². The maximum Gasteiger partial charge on any atom is 0.253 e. The molecule has 1 rings (SSSR count). The van der Waals surface area contributed by atoms with Gasteiger partial charge in [0.2, 0.25) is 0 Å². The fraction of sp³-hybridized carbons (Fsp3) is 0.583. The molecule has 3 nitrogen and oxygen atoms in total. The van der Waals surface area contributed by atoms with Gasteiger partial charge in [-0.1, -0.05) is 0 Å². The molecule has 0 fully saturated rings. The van der Waals surface area contributed by atoms with Gasteiger partial charge in [0.25, 0.3) is 5.91 Å². The summed E-state index contributed by atoms with van der Waals surface area (Å²) in [5.41, 5.74) is 2.99. The molecule has 0 aliphatic carbocycles. The molecule has 1 aromatic heterocycles. The number of rotatable bonds is 3. The lowest BCUT2D eigenvalue weighted by molar-refractivity contribution is 0.0942. The molecule has 0 atom stereocenters. The van der Waals surface area contributed by atoms with Crippen molar-refractivity contribution >= 4 is 5.91 Å². The van der Waals surface area contributed by atoms with Crippen LogP contribution in [0.1, 0.15) is 42.5 Å². The van der Waals surface area contributed by atoms with E-state index in [4.69, 9.17) is 0 Å². The summed E-state index contributed by atoms with van der Waals surface area (Å²) in [4.78, 5) is 11.8. The summed E-state index contributed by atoms with van der Waals surface area (Å²) < 4.78 is 2.15. The molecule has 1 amide bonds. The minimum Gasteiger partial charge on any atom is -0.350 e. The molecule has 0 saturated carbocycles. The Hall–Kier alpha value is -1.25. The smallest absolute Gasteiger partial charge is 0.253 e. The van der Waals surface area contributed by atoms with Gasteiger partial charge in [-0.15, -0.1) is 0 Å². The highest BCUT2D eigenvalue weighted by atomic mass is 16.1. The molecule has 0 spiro atoms. The van der Waals surface area contributed by atoms with Crippen LogP contribution >= 0.6 is 0 Å². The zero-order valence-corrected chi connectivity index (χ0v) is 10.2. The van der Waals surface area contributed by atoms with Gasteiger partial charge in [0.05, 0.1) is 5.56 Å². The highest BCUT2D eigenvalue weighted by Gasteiger charge is 2.14. The molecule has 0 aliphatic heterocycles. The van der Waals surface area contributed by atoms with E-state index in [0.29, 0.717) is 0 Å². The van der Waals surface area contributed by atoms with E-state index >= 15 is 0 Å². The second-order valence-corrected chi connectivity index (χ2v) is 4.16. The first-order valence-electron chi connectivity index (χ1n) is 5.45. The highest BCUT2D eigenvalue weighted by molar-refractivity contribution is 5.95. The van der Waals surface area contributed by atoms with Gasteiger partial charge in [-0.25, -0.2) is 0 Å². The minimum atomic E-state index is 0.0257. The average molecular weight is 208 g/mol. The van der Waals surface area contributed by atoms with Crippen molar-refractivity contribution in [3.05, 3.63) is 23.0 Å². The van der Waals surface area contributed by atoms with Crippen molar-refractivity contribution in [2.45, 2.75) is 47.2 Å². The van der Waals surface area contributed by atoms with Gasteiger partial charge in [-0.2, -0.15) is 0 Å². The standard InChI is InChI=1S/C12H20N2O/c1-6-14-9(4)7-11(10(14)5)12(15)13-8(2)3/h7-8H,6H2,1-5H3,(H,13,15). The number of aryl methyl sites for hydroxylation is 1. The normalized spacial score (nSPS) is 10.8.